The number of allylic oxidation sites excluding steroid dienone is 1. The molecule has 1 saturated heterocycles. The zero-order valence-corrected chi connectivity index (χ0v) is 8.49. The standard InChI is InChI=1S/C12H18O/c1-3-4-9-10-5-6-12(10)8(2)13-7-11(9)12/h5-6,8-11H,3-4,7H2,1-2H3/t8-,9+,10+,11+,12?/m0/s1. The molecule has 0 aromatic rings. The zero-order valence-electron chi connectivity index (χ0n) is 8.49. The number of ether oxygens (including phenoxy) is 1. The predicted octanol–water partition coefficient (Wildman–Crippen LogP) is 2.62. The van der Waals surface area contributed by atoms with Crippen molar-refractivity contribution in [2.75, 3.05) is 6.61 Å². The van der Waals surface area contributed by atoms with Gasteiger partial charge in [-0.1, -0.05) is 25.5 Å². The third kappa shape index (κ3) is 0.698. The molecule has 5 atom stereocenters. The second-order valence-electron chi connectivity index (χ2n) is 4.92. The van der Waals surface area contributed by atoms with Gasteiger partial charge in [-0.15, -0.1) is 0 Å². The van der Waals surface area contributed by atoms with Crippen molar-refractivity contribution in [1.29, 1.82) is 0 Å². The fourth-order valence-corrected chi connectivity index (χ4v) is 3.90. The molecule has 1 spiro atoms. The van der Waals surface area contributed by atoms with Gasteiger partial charge in [0.15, 0.2) is 0 Å². The molecule has 0 radical (unpaired) electrons. The van der Waals surface area contributed by atoms with Crippen molar-refractivity contribution in [2.45, 2.75) is 32.8 Å². The van der Waals surface area contributed by atoms with Crippen molar-refractivity contribution in [2.24, 2.45) is 23.2 Å². The normalized spacial score (nSPS) is 56.5. The Balaban J connectivity index is 1.84. The largest absolute Gasteiger partial charge is 0.377 e. The van der Waals surface area contributed by atoms with Gasteiger partial charge in [-0.3, -0.25) is 0 Å². The lowest BCUT2D eigenvalue weighted by atomic mass is 9.40. The van der Waals surface area contributed by atoms with E-state index in [0.717, 1.165) is 24.4 Å². The third-order valence-electron chi connectivity index (χ3n) is 4.64. The molecule has 1 heterocycles. The third-order valence-corrected chi connectivity index (χ3v) is 4.64. The summed E-state index contributed by atoms with van der Waals surface area (Å²) in [5.41, 5.74) is 0.500. The molecule has 0 bridgehead atoms. The van der Waals surface area contributed by atoms with E-state index >= 15 is 0 Å². The molecule has 0 amide bonds. The fraction of sp³-hybridized carbons (Fsp3) is 0.833. The van der Waals surface area contributed by atoms with Crippen LogP contribution in [0.2, 0.25) is 0 Å². The molecule has 72 valence electrons. The highest BCUT2D eigenvalue weighted by atomic mass is 16.5. The molecule has 3 rings (SSSR count). The van der Waals surface area contributed by atoms with Crippen LogP contribution in [-0.4, -0.2) is 12.7 Å². The van der Waals surface area contributed by atoms with E-state index in [2.05, 4.69) is 26.0 Å². The number of rotatable bonds is 2. The van der Waals surface area contributed by atoms with Gasteiger partial charge in [0.05, 0.1) is 12.7 Å². The van der Waals surface area contributed by atoms with E-state index < -0.39 is 0 Å². The quantitative estimate of drug-likeness (QED) is 0.591. The summed E-state index contributed by atoms with van der Waals surface area (Å²) in [5.74, 6) is 2.67. The highest BCUT2D eigenvalue weighted by Gasteiger charge is 2.68. The van der Waals surface area contributed by atoms with Crippen molar-refractivity contribution in [3.8, 4) is 0 Å². The maximum absolute atomic E-state index is 5.79. The Morgan fingerprint density at radius 1 is 1.54 bits per heavy atom. The van der Waals surface area contributed by atoms with Gasteiger partial charge in [0, 0.05) is 5.41 Å². The van der Waals surface area contributed by atoms with E-state index in [4.69, 9.17) is 4.74 Å². The molecule has 1 nitrogen and oxygen atoms in total. The van der Waals surface area contributed by atoms with E-state index in [-0.39, 0.29) is 0 Å². The van der Waals surface area contributed by atoms with E-state index in [0.29, 0.717) is 11.5 Å². The molecule has 1 unspecified atom stereocenters. The highest BCUT2D eigenvalue weighted by molar-refractivity contribution is 5.33. The Morgan fingerprint density at radius 2 is 2.38 bits per heavy atom. The first kappa shape index (κ1) is 8.05. The van der Waals surface area contributed by atoms with Crippen LogP contribution in [0.5, 0.6) is 0 Å². The Hall–Kier alpha value is -0.300. The first-order valence-corrected chi connectivity index (χ1v) is 5.61. The molecule has 0 aromatic heterocycles. The SMILES string of the molecule is CCC[C@@H]1[C@H]2C=CC23[C@H](C)OC[C@H]13. The van der Waals surface area contributed by atoms with Gasteiger partial charge in [-0.05, 0) is 31.1 Å². The van der Waals surface area contributed by atoms with E-state index in [1.165, 1.54) is 12.8 Å². The molecule has 3 aliphatic rings. The Kier molecular flexibility index (Phi) is 1.48. The molecular weight excluding hydrogens is 160 g/mol. The molecule has 13 heavy (non-hydrogen) atoms. The topological polar surface area (TPSA) is 9.23 Å². The first-order chi connectivity index (χ1) is 6.30. The summed E-state index contributed by atoms with van der Waals surface area (Å²) < 4.78 is 5.79. The molecule has 2 fully saturated rings. The minimum absolute atomic E-state index is 0.487. The van der Waals surface area contributed by atoms with Crippen LogP contribution in [0.15, 0.2) is 12.2 Å². The van der Waals surface area contributed by atoms with Gasteiger partial charge in [0.2, 0.25) is 0 Å². The maximum Gasteiger partial charge on any atom is 0.0647 e. The van der Waals surface area contributed by atoms with E-state index in [1.807, 2.05) is 0 Å². The van der Waals surface area contributed by atoms with Crippen molar-refractivity contribution in [3.05, 3.63) is 12.2 Å². The van der Waals surface area contributed by atoms with Crippen LogP contribution in [-0.2, 0) is 4.74 Å². The lowest BCUT2D eigenvalue weighted by Crippen LogP contribution is -2.61. The lowest BCUT2D eigenvalue weighted by Gasteiger charge is -2.62. The molecule has 1 heteroatoms. The van der Waals surface area contributed by atoms with E-state index in [9.17, 15) is 0 Å². The van der Waals surface area contributed by atoms with Crippen LogP contribution in [0.3, 0.4) is 0 Å². The minimum atomic E-state index is 0.487. The first-order valence-electron chi connectivity index (χ1n) is 5.61. The summed E-state index contributed by atoms with van der Waals surface area (Å²) in [6.45, 7) is 5.56. The average molecular weight is 178 g/mol. The second-order valence-corrected chi connectivity index (χ2v) is 4.92. The molecule has 0 N–H and O–H groups in total. The van der Waals surface area contributed by atoms with Gasteiger partial charge in [0.25, 0.3) is 0 Å². The van der Waals surface area contributed by atoms with Crippen LogP contribution in [0.25, 0.3) is 0 Å². The predicted molar refractivity (Wildman–Crippen MR) is 52.4 cm³/mol. The monoisotopic (exact) mass is 178 g/mol. The van der Waals surface area contributed by atoms with Crippen molar-refractivity contribution < 1.29 is 4.74 Å². The van der Waals surface area contributed by atoms with Crippen LogP contribution >= 0.6 is 0 Å². The van der Waals surface area contributed by atoms with Crippen molar-refractivity contribution >= 4 is 0 Å². The maximum atomic E-state index is 5.79. The summed E-state index contributed by atoms with van der Waals surface area (Å²) in [4.78, 5) is 0. The summed E-state index contributed by atoms with van der Waals surface area (Å²) >= 11 is 0. The molecule has 2 aliphatic carbocycles. The summed E-state index contributed by atoms with van der Waals surface area (Å²) in [5, 5.41) is 0. The van der Waals surface area contributed by atoms with Gasteiger partial charge >= 0.3 is 0 Å². The van der Waals surface area contributed by atoms with Crippen molar-refractivity contribution in [1.82, 2.24) is 0 Å². The van der Waals surface area contributed by atoms with Gasteiger partial charge in [-0.2, -0.15) is 0 Å². The Morgan fingerprint density at radius 3 is 3.00 bits per heavy atom. The summed E-state index contributed by atoms with van der Waals surface area (Å²) in [6.07, 6.45) is 8.06. The molecule has 1 aliphatic heterocycles. The smallest absolute Gasteiger partial charge is 0.0647 e. The Labute approximate surface area is 80.2 Å². The summed E-state index contributed by atoms with van der Waals surface area (Å²) in [7, 11) is 0. The van der Waals surface area contributed by atoms with Gasteiger partial charge in [0.1, 0.15) is 0 Å². The van der Waals surface area contributed by atoms with Crippen LogP contribution in [0.1, 0.15) is 26.7 Å². The molecule has 0 aromatic carbocycles. The lowest BCUT2D eigenvalue weighted by molar-refractivity contribution is -0.0715. The minimum Gasteiger partial charge on any atom is -0.377 e. The van der Waals surface area contributed by atoms with Crippen molar-refractivity contribution in [3.63, 3.8) is 0 Å². The van der Waals surface area contributed by atoms with Crippen LogP contribution < -0.4 is 0 Å². The Bertz CT molecular complexity index is 258. The summed E-state index contributed by atoms with van der Waals surface area (Å²) in [6, 6.07) is 0. The van der Waals surface area contributed by atoms with Crippen LogP contribution in [0, 0.1) is 23.2 Å². The van der Waals surface area contributed by atoms with Crippen LogP contribution in [0.4, 0.5) is 0 Å². The highest BCUT2D eigenvalue weighted by Crippen LogP contribution is 2.69. The molecule has 1 saturated carbocycles. The second kappa shape index (κ2) is 2.38. The number of hydrogen-bond donors (Lipinski definition) is 0. The fourth-order valence-electron chi connectivity index (χ4n) is 3.90. The van der Waals surface area contributed by atoms with E-state index in [1.54, 1.807) is 0 Å². The number of hydrogen-bond acceptors (Lipinski definition) is 1. The van der Waals surface area contributed by atoms with Gasteiger partial charge < -0.3 is 4.74 Å². The molecular formula is C12H18O. The zero-order chi connectivity index (χ0) is 9.05. The average Bonchev–Trinajstić information content (AvgIpc) is 2.40. The van der Waals surface area contributed by atoms with Gasteiger partial charge in [-0.25, -0.2) is 0 Å².